The van der Waals surface area contributed by atoms with Gasteiger partial charge in [0, 0.05) is 12.1 Å². The van der Waals surface area contributed by atoms with E-state index in [1.165, 1.54) is 12.1 Å². The largest absolute Gasteiger partial charge is 0.493 e. The minimum atomic E-state index is -0.325. The van der Waals surface area contributed by atoms with Gasteiger partial charge in [-0.05, 0) is 18.6 Å². The number of rotatable bonds is 5. The van der Waals surface area contributed by atoms with E-state index in [1.807, 2.05) is 0 Å². The van der Waals surface area contributed by atoms with Gasteiger partial charge in [-0.1, -0.05) is 6.07 Å². The van der Waals surface area contributed by atoms with Gasteiger partial charge in [0.1, 0.15) is 11.6 Å². The second-order valence-electron chi connectivity index (χ2n) is 3.04. The SMILES string of the molecule is NC(CO)CCOc1cccc(F)c1. The second-order valence-corrected chi connectivity index (χ2v) is 3.04. The summed E-state index contributed by atoms with van der Waals surface area (Å²) in [6, 6.07) is 5.64. The number of aliphatic hydroxyl groups is 1. The lowest BCUT2D eigenvalue weighted by Crippen LogP contribution is -2.26. The molecule has 3 nitrogen and oxygen atoms in total. The van der Waals surface area contributed by atoms with Crippen molar-refractivity contribution in [2.75, 3.05) is 13.2 Å². The van der Waals surface area contributed by atoms with Gasteiger partial charge in [0.15, 0.2) is 0 Å². The number of ether oxygens (including phenoxy) is 1. The molecule has 3 N–H and O–H groups in total. The third kappa shape index (κ3) is 3.72. The Morgan fingerprint density at radius 2 is 2.29 bits per heavy atom. The molecule has 0 radical (unpaired) electrons. The van der Waals surface area contributed by atoms with Crippen LogP contribution in [0.1, 0.15) is 6.42 Å². The molecule has 1 aromatic carbocycles. The molecule has 1 rings (SSSR count). The van der Waals surface area contributed by atoms with Crippen LogP contribution in [0, 0.1) is 5.82 Å². The van der Waals surface area contributed by atoms with Crippen LogP contribution in [0.25, 0.3) is 0 Å². The van der Waals surface area contributed by atoms with Crippen molar-refractivity contribution in [3.8, 4) is 5.75 Å². The van der Waals surface area contributed by atoms with Crippen molar-refractivity contribution in [1.29, 1.82) is 0 Å². The second kappa shape index (κ2) is 5.57. The van der Waals surface area contributed by atoms with Crippen LogP contribution >= 0.6 is 0 Å². The normalized spacial score (nSPS) is 12.5. The van der Waals surface area contributed by atoms with Crippen molar-refractivity contribution >= 4 is 0 Å². The third-order valence-electron chi connectivity index (χ3n) is 1.79. The first-order valence-corrected chi connectivity index (χ1v) is 4.47. The predicted molar refractivity (Wildman–Crippen MR) is 51.6 cm³/mol. The summed E-state index contributed by atoms with van der Waals surface area (Å²) in [6.07, 6.45) is 0.549. The molecule has 0 aliphatic carbocycles. The van der Waals surface area contributed by atoms with Crippen LogP contribution in [0.15, 0.2) is 24.3 Å². The van der Waals surface area contributed by atoms with Gasteiger partial charge in [-0.15, -0.1) is 0 Å². The van der Waals surface area contributed by atoms with Crippen LogP contribution in [0.4, 0.5) is 4.39 Å². The fourth-order valence-electron chi connectivity index (χ4n) is 0.976. The van der Waals surface area contributed by atoms with Crippen LogP contribution < -0.4 is 10.5 Å². The van der Waals surface area contributed by atoms with E-state index in [2.05, 4.69) is 0 Å². The molecule has 0 fully saturated rings. The highest BCUT2D eigenvalue weighted by Gasteiger charge is 2.01. The molecule has 0 heterocycles. The molecule has 78 valence electrons. The van der Waals surface area contributed by atoms with Gasteiger partial charge in [-0.2, -0.15) is 0 Å². The fraction of sp³-hybridized carbons (Fsp3) is 0.400. The average Bonchev–Trinajstić information content (AvgIpc) is 2.17. The van der Waals surface area contributed by atoms with Gasteiger partial charge < -0.3 is 15.6 Å². The Morgan fingerprint density at radius 1 is 1.50 bits per heavy atom. The number of hydrogen-bond acceptors (Lipinski definition) is 3. The summed E-state index contributed by atoms with van der Waals surface area (Å²) in [5.41, 5.74) is 5.46. The van der Waals surface area contributed by atoms with Gasteiger partial charge in [0.25, 0.3) is 0 Å². The first-order valence-electron chi connectivity index (χ1n) is 4.47. The molecule has 1 aromatic rings. The molecule has 0 saturated heterocycles. The molecule has 0 spiro atoms. The molecule has 0 aliphatic rings. The molecular weight excluding hydrogens is 185 g/mol. The number of aliphatic hydroxyl groups excluding tert-OH is 1. The highest BCUT2D eigenvalue weighted by atomic mass is 19.1. The first-order chi connectivity index (χ1) is 6.72. The van der Waals surface area contributed by atoms with Gasteiger partial charge in [-0.25, -0.2) is 4.39 Å². The van der Waals surface area contributed by atoms with Gasteiger partial charge in [0.05, 0.1) is 13.2 Å². The Balaban J connectivity index is 2.31. The van der Waals surface area contributed by atoms with Crippen LogP contribution in [0.5, 0.6) is 5.75 Å². The minimum Gasteiger partial charge on any atom is -0.493 e. The van der Waals surface area contributed by atoms with Crippen molar-refractivity contribution in [3.05, 3.63) is 30.1 Å². The van der Waals surface area contributed by atoms with E-state index in [-0.39, 0.29) is 18.5 Å². The van der Waals surface area contributed by atoms with Gasteiger partial charge in [-0.3, -0.25) is 0 Å². The Bertz CT molecular complexity index is 281. The van der Waals surface area contributed by atoms with Gasteiger partial charge >= 0.3 is 0 Å². The van der Waals surface area contributed by atoms with Crippen molar-refractivity contribution < 1.29 is 14.2 Å². The summed E-state index contributed by atoms with van der Waals surface area (Å²) in [6.45, 7) is 0.317. The quantitative estimate of drug-likeness (QED) is 0.741. The molecule has 0 aromatic heterocycles. The highest BCUT2D eigenvalue weighted by Crippen LogP contribution is 2.11. The predicted octanol–water partition coefficient (Wildman–Crippen LogP) is 0.914. The van der Waals surface area contributed by atoms with E-state index in [1.54, 1.807) is 12.1 Å². The van der Waals surface area contributed by atoms with E-state index in [4.69, 9.17) is 15.6 Å². The number of halogens is 1. The maximum atomic E-state index is 12.7. The molecule has 4 heteroatoms. The molecule has 1 unspecified atom stereocenters. The molecule has 14 heavy (non-hydrogen) atoms. The lowest BCUT2D eigenvalue weighted by molar-refractivity contribution is 0.230. The number of benzene rings is 1. The van der Waals surface area contributed by atoms with Crippen LogP contribution in [0.3, 0.4) is 0 Å². The van der Waals surface area contributed by atoms with E-state index < -0.39 is 0 Å². The zero-order chi connectivity index (χ0) is 10.4. The molecule has 0 saturated carbocycles. The van der Waals surface area contributed by atoms with E-state index in [0.29, 0.717) is 18.8 Å². The summed E-state index contributed by atoms with van der Waals surface area (Å²) < 4.78 is 17.9. The van der Waals surface area contributed by atoms with Crippen LogP contribution in [0.2, 0.25) is 0 Å². The average molecular weight is 199 g/mol. The van der Waals surface area contributed by atoms with Crippen molar-refractivity contribution in [2.45, 2.75) is 12.5 Å². The van der Waals surface area contributed by atoms with E-state index in [9.17, 15) is 4.39 Å². The molecule has 0 bridgehead atoms. The number of hydrogen-bond donors (Lipinski definition) is 2. The molecular formula is C10H14FNO2. The highest BCUT2D eigenvalue weighted by molar-refractivity contribution is 5.22. The maximum Gasteiger partial charge on any atom is 0.126 e. The first kappa shape index (κ1) is 10.9. The van der Waals surface area contributed by atoms with E-state index in [0.717, 1.165) is 0 Å². The van der Waals surface area contributed by atoms with Crippen LogP contribution in [-0.2, 0) is 0 Å². The molecule has 0 amide bonds. The topological polar surface area (TPSA) is 55.5 Å². The third-order valence-corrected chi connectivity index (χ3v) is 1.79. The molecule has 0 aliphatic heterocycles. The zero-order valence-corrected chi connectivity index (χ0v) is 7.82. The fourth-order valence-corrected chi connectivity index (χ4v) is 0.976. The Kier molecular flexibility index (Phi) is 4.35. The maximum absolute atomic E-state index is 12.7. The van der Waals surface area contributed by atoms with Gasteiger partial charge in [0.2, 0.25) is 0 Å². The summed E-state index contributed by atoms with van der Waals surface area (Å²) in [4.78, 5) is 0. The summed E-state index contributed by atoms with van der Waals surface area (Å²) in [5.74, 6) is 0.157. The minimum absolute atomic E-state index is 0.0630. The summed E-state index contributed by atoms with van der Waals surface area (Å²) in [7, 11) is 0. The van der Waals surface area contributed by atoms with Crippen molar-refractivity contribution in [1.82, 2.24) is 0 Å². The van der Waals surface area contributed by atoms with E-state index >= 15 is 0 Å². The summed E-state index contributed by atoms with van der Waals surface area (Å²) in [5, 5.41) is 8.64. The van der Waals surface area contributed by atoms with Crippen molar-refractivity contribution in [2.24, 2.45) is 5.73 Å². The smallest absolute Gasteiger partial charge is 0.126 e. The Morgan fingerprint density at radius 3 is 2.93 bits per heavy atom. The monoisotopic (exact) mass is 199 g/mol. The lowest BCUT2D eigenvalue weighted by Gasteiger charge is -2.09. The van der Waals surface area contributed by atoms with Crippen LogP contribution in [-0.4, -0.2) is 24.4 Å². The van der Waals surface area contributed by atoms with Crippen molar-refractivity contribution in [3.63, 3.8) is 0 Å². The molecule has 1 atom stereocenters. The Hall–Kier alpha value is -1.13. The summed E-state index contributed by atoms with van der Waals surface area (Å²) >= 11 is 0. The number of nitrogens with two attached hydrogens (primary N) is 1. The zero-order valence-electron chi connectivity index (χ0n) is 7.82. The Labute approximate surface area is 82.3 Å². The lowest BCUT2D eigenvalue weighted by atomic mass is 10.2. The standard InChI is InChI=1S/C10H14FNO2/c11-8-2-1-3-10(6-8)14-5-4-9(12)7-13/h1-3,6,9,13H,4-5,7,12H2.